The van der Waals surface area contributed by atoms with Crippen LogP contribution in [0, 0.1) is 0 Å². The topological polar surface area (TPSA) is 176 Å². The number of amides is 1. The van der Waals surface area contributed by atoms with Crippen LogP contribution in [0.2, 0.25) is 0 Å². The number of halogens is 3. The molecule has 186 valence electrons. The number of rotatable bonds is 9. The Morgan fingerprint density at radius 3 is 2.43 bits per heavy atom. The van der Waals surface area contributed by atoms with E-state index in [9.17, 15) is 32.7 Å². The van der Waals surface area contributed by atoms with Crippen molar-refractivity contribution in [3.05, 3.63) is 63.4 Å². The molecule has 0 saturated carbocycles. The largest absolute Gasteiger partial charge is 0.480 e. The van der Waals surface area contributed by atoms with Crippen LogP contribution in [0.4, 0.5) is 24.8 Å². The molecule has 0 bridgehead atoms. The molecule has 0 unspecified atom stereocenters. The minimum absolute atomic E-state index is 0.173. The number of H-pyrrole nitrogens is 1. The first kappa shape index (κ1) is 25.5. The monoisotopic (exact) mass is 492 g/mol. The lowest BCUT2D eigenvalue weighted by Crippen LogP contribution is -2.41. The summed E-state index contributed by atoms with van der Waals surface area (Å²) < 4.78 is 41.5. The van der Waals surface area contributed by atoms with Gasteiger partial charge in [0, 0.05) is 17.8 Å². The first-order valence-corrected chi connectivity index (χ1v) is 10.5. The van der Waals surface area contributed by atoms with E-state index in [-0.39, 0.29) is 42.1 Å². The van der Waals surface area contributed by atoms with E-state index in [4.69, 9.17) is 11.5 Å². The zero-order valence-corrected chi connectivity index (χ0v) is 18.3. The molecule has 1 amide bonds. The maximum absolute atomic E-state index is 13.8. The van der Waals surface area contributed by atoms with Crippen LogP contribution in [0.25, 0.3) is 10.9 Å². The number of aromatic nitrogens is 2. The van der Waals surface area contributed by atoms with E-state index < -0.39 is 40.6 Å². The number of aliphatic carboxylic acids is 1. The number of fused-ring (bicyclic) bond motifs is 1. The molecule has 3 aromatic rings. The molecule has 0 saturated heterocycles. The average molecular weight is 492 g/mol. The van der Waals surface area contributed by atoms with Crippen LogP contribution in [0.5, 0.6) is 0 Å². The fraction of sp³-hybridized carbons (Fsp3) is 0.273. The van der Waals surface area contributed by atoms with Gasteiger partial charge in [-0.15, -0.1) is 0 Å². The van der Waals surface area contributed by atoms with Crippen LogP contribution in [-0.4, -0.2) is 39.5 Å². The normalized spacial score (nSPS) is 12.3. The van der Waals surface area contributed by atoms with Crippen molar-refractivity contribution < 1.29 is 27.9 Å². The summed E-state index contributed by atoms with van der Waals surface area (Å²) in [5.41, 5.74) is 8.90. The Labute approximate surface area is 196 Å². The Morgan fingerprint density at radius 2 is 1.83 bits per heavy atom. The van der Waals surface area contributed by atoms with Crippen LogP contribution in [0.1, 0.15) is 34.3 Å². The number of carboxylic acids is 1. The minimum Gasteiger partial charge on any atom is -0.480 e. The number of anilines is 2. The van der Waals surface area contributed by atoms with Crippen molar-refractivity contribution in [3.63, 3.8) is 0 Å². The molecule has 0 aliphatic carbocycles. The van der Waals surface area contributed by atoms with Crippen molar-refractivity contribution >= 4 is 34.4 Å². The molecule has 0 aliphatic rings. The van der Waals surface area contributed by atoms with E-state index >= 15 is 0 Å². The molecule has 13 heteroatoms. The van der Waals surface area contributed by atoms with Gasteiger partial charge in [-0.05, 0) is 55.3 Å². The minimum atomic E-state index is -4.83. The number of benzene rings is 2. The van der Waals surface area contributed by atoms with E-state index in [1.807, 2.05) is 0 Å². The molecule has 0 aliphatic heterocycles. The van der Waals surface area contributed by atoms with E-state index in [1.165, 1.54) is 36.4 Å². The van der Waals surface area contributed by atoms with Crippen molar-refractivity contribution in [1.29, 1.82) is 0 Å². The zero-order valence-electron chi connectivity index (χ0n) is 18.3. The highest BCUT2D eigenvalue weighted by Crippen LogP contribution is 2.36. The summed E-state index contributed by atoms with van der Waals surface area (Å²) in [5.74, 6) is -2.08. The first-order valence-electron chi connectivity index (χ1n) is 10.5. The molecule has 1 heterocycles. The number of carbonyl (C=O) groups is 2. The molecule has 10 nitrogen and oxygen atoms in total. The number of hydrogen-bond acceptors (Lipinski definition) is 7. The van der Waals surface area contributed by atoms with E-state index in [0.29, 0.717) is 12.1 Å². The summed E-state index contributed by atoms with van der Waals surface area (Å²) in [6, 6.07) is 7.14. The molecule has 1 atom stereocenters. The predicted octanol–water partition coefficient (Wildman–Crippen LogP) is 2.06. The summed E-state index contributed by atoms with van der Waals surface area (Å²) >= 11 is 0. The highest BCUT2D eigenvalue weighted by atomic mass is 19.4. The SMILES string of the molecule is NCCC[C@H](NC(=O)c1ccc(NCc2ccc3nc(N)[nH]c(=O)c3c2C(F)(F)F)cc1)C(=O)O. The van der Waals surface area contributed by atoms with Crippen LogP contribution in [0.3, 0.4) is 0 Å². The van der Waals surface area contributed by atoms with Gasteiger partial charge in [-0.2, -0.15) is 13.2 Å². The number of alkyl halides is 3. The second-order valence-electron chi connectivity index (χ2n) is 7.67. The van der Waals surface area contributed by atoms with Crippen molar-refractivity contribution in [2.45, 2.75) is 31.6 Å². The number of carboxylic acid groups (broad SMARTS) is 1. The van der Waals surface area contributed by atoms with Crippen LogP contribution in [-0.2, 0) is 17.5 Å². The number of carbonyl (C=O) groups excluding carboxylic acids is 1. The summed E-state index contributed by atoms with van der Waals surface area (Å²) in [7, 11) is 0. The number of hydrogen-bond donors (Lipinski definition) is 6. The van der Waals surface area contributed by atoms with Gasteiger partial charge in [0.25, 0.3) is 11.5 Å². The molecular formula is C22H23F3N6O4. The van der Waals surface area contributed by atoms with Gasteiger partial charge >= 0.3 is 12.1 Å². The second kappa shape index (κ2) is 10.4. The third-order valence-electron chi connectivity index (χ3n) is 5.19. The van der Waals surface area contributed by atoms with Crippen molar-refractivity contribution in [2.75, 3.05) is 17.6 Å². The highest BCUT2D eigenvalue weighted by molar-refractivity contribution is 5.96. The highest BCUT2D eigenvalue weighted by Gasteiger charge is 2.36. The molecular weight excluding hydrogens is 469 g/mol. The summed E-state index contributed by atoms with van der Waals surface area (Å²) in [4.78, 5) is 41.7. The second-order valence-corrected chi connectivity index (χ2v) is 7.67. The number of nitrogens with two attached hydrogens (primary N) is 2. The van der Waals surface area contributed by atoms with E-state index in [1.54, 1.807) is 0 Å². The lowest BCUT2D eigenvalue weighted by atomic mass is 10.0. The molecule has 0 fully saturated rings. The summed E-state index contributed by atoms with van der Waals surface area (Å²) in [6.07, 6.45) is -4.23. The maximum Gasteiger partial charge on any atom is 0.417 e. The van der Waals surface area contributed by atoms with Gasteiger partial charge < -0.3 is 27.2 Å². The molecule has 3 rings (SSSR count). The maximum atomic E-state index is 13.8. The Morgan fingerprint density at radius 1 is 1.14 bits per heavy atom. The fourth-order valence-electron chi connectivity index (χ4n) is 3.52. The standard InChI is InChI=1S/C22H23F3N6O4/c23-22(24,25)17-12(5-8-14-16(17)19(33)31-21(27)30-14)10-28-13-6-3-11(4-7-13)18(32)29-15(20(34)35)2-1-9-26/h3-8,15,28H,1-2,9-10,26H2,(H,29,32)(H,34,35)(H3,27,30,31,33)/t15-/m0/s1. The van der Waals surface area contributed by atoms with Crippen LogP contribution >= 0.6 is 0 Å². The number of aromatic amines is 1. The van der Waals surface area contributed by atoms with Gasteiger partial charge in [0.1, 0.15) is 6.04 Å². The van der Waals surface area contributed by atoms with Crippen molar-refractivity contribution in [2.24, 2.45) is 5.73 Å². The molecule has 2 aromatic carbocycles. The van der Waals surface area contributed by atoms with Gasteiger partial charge in [0.15, 0.2) is 0 Å². The molecule has 0 spiro atoms. The van der Waals surface area contributed by atoms with Crippen molar-refractivity contribution in [3.8, 4) is 0 Å². The number of nitrogens with one attached hydrogen (secondary N) is 3. The van der Waals surface area contributed by atoms with Gasteiger partial charge in [0.05, 0.1) is 16.5 Å². The Bertz CT molecular complexity index is 1290. The number of nitrogens with zero attached hydrogens (tertiary/aromatic N) is 1. The van der Waals surface area contributed by atoms with Gasteiger partial charge in [-0.25, -0.2) is 9.78 Å². The van der Waals surface area contributed by atoms with Gasteiger partial charge in [-0.3, -0.25) is 14.6 Å². The van der Waals surface area contributed by atoms with Gasteiger partial charge in [0.2, 0.25) is 5.95 Å². The lowest BCUT2D eigenvalue weighted by Gasteiger charge is -2.16. The van der Waals surface area contributed by atoms with Gasteiger partial charge in [-0.1, -0.05) is 6.07 Å². The zero-order chi connectivity index (χ0) is 25.8. The first-order chi connectivity index (χ1) is 16.5. The third kappa shape index (κ3) is 6.06. The Hall–Kier alpha value is -4.13. The molecule has 8 N–H and O–H groups in total. The Kier molecular flexibility index (Phi) is 7.59. The Balaban J connectivity index is 1.78. The van der Waals surface area contributed by atoms with Crippen molar-refractivity contribution in [1.82, 2.24) is 15.3 Å². The van der Waals surface area contributed by atoms with E-state index in [0.717, 1.165) is 0 Å². The summed E-state index contributed by atoms with van der Waals surface area (Å²) in [6.45, 7) is 0.00650. The van der Waals surface area contributed by atoms with Crippen LogP contribution in [0.15, 0.2) is 41.2 Å². The lowest BCUT2D eigenvalue weighted by molar-refractivity contribution is -0.139. The third-order valence-corrected chi connectivity index (χ3v) is 5.19. The molecule has 35 heavy (non-hydrogen) atoms. The predicted molar refractivity (Wildman–Crippen MR) is 123 cm³/mol. The summed E-state index contributed by atoms with van der Waals surface area (Å²) in [5, 5.41) is 13.8. The number of nitrogen functional groups attached to an aromatic ring is 1. The fourth-order valence-corrected chi connectivity index (χ4v) is 3.52. The van der Waals surface area contributed by atoms with Crippen LogP contribution < -0.4 is 27.7 Å². The smallest absolute Gasteiger partial charge is 0.417 e. The molecule has 1 aromatic heterocycles. The molecule has 0 radical (unpaired) electrons. The average Bonchev–Trinajstić information content (AvgIpc) is 2.79. The quantitative estimate of drug-likeness (QED) is 0.263. The van der Waals surface area contributed by atoms with E-state index in [2.05, 4.69) is 20.6 Å².